The average molecular weight is 215 g/mol. The maximum atomic E-state index is 10.3. The van der Waals surface area contributed by atoms with Gasteiger partial charge in [0.1, 0.15) is 5.75 Å². The van der Waals surface area contributed by atoms with Crippen LogP contribution < -0.4 is 4.74 Å². The summed E-state index contributed by atoms with van der Waals surface area (Å²) in [6.45, 7) is 3.43. The van der Waals surface area contributed by atoms with Crippen LogP contribution in [-0.4, -0.2) is 17.7 Å². The van der Waals surface area contributed by atoms with Gasteiger partial charge >= 0.3 is 5.97 Å². The highest BCUT2D eigenvalue weighted by atomic mass is 35.5. The standard InChI is InChI=1S/C10H11ClO3/c1-6-3-4-8(10(11)7(6)2)14-5-9(12)13/h3-4H,5H2,1-2H3,(H,12,13). The molecule has 0 spiro atoms. The number of halogens is 1. The lowest BCUT2D eigenvalue weighted by atomic mass is 10.1. The van der Waals surface area contributed by atoms with Crippen LogP contribution in [-0.2, 0) is 4.79 Å². The molecule has 0 saturated carbocycles. The van der Waals surface area contributed by atoms with E-state index in [1.165, 1.54) is 0 Å². The van der Waals surface area contributed by atoms with Gasteiger partial charge in [-0.05, 0) is 31.0 Å². The van der Waals surface area contributed by atoms with E-state index in [2.05, 4.69) is 0 Å². The van der Waals surface area contributed by atoms with E-state index in [1.54, 1.807) is 6.07 Å². The van der Waals surface area contributed by atoms with E-state index in [4.69, 9.17) is 21.4 Å². The number of hydrogen-bond acceptors (Lipinski definition) is 2. The second kappa shape index (κ2) is 4.33. The molecule has 14 heavy (non-hydrogen) atoms. The fourth-order valence-electron chi connectivity index (χ4n) is 1.01. The van der Waals surface area contributed by atoms with E-state index < -0.39 is 5.97 Å². The van der Waals surface area contributed by atoms with Gasteiger partial charge in [0.25, 0.3) is 0 Å². The molecule has 0 bridgehead atoms. The van der Waals surface area contributed by atoms with Crippen molar-refractivity contribution < 1.29 is 14.6 Å². The molecule has 1 aromatic carbocycles. The SMILES string of the molecule is Cc1ccc(OCC(=O)O)c(Cl)c1C. The molecule has 0 aromatic heterocycles. The van der Waals surface area contributed by atoms with Crippen molar-refractivity contribution in [1.29, 1.82) is 0 Å². The van der Waals surface area contributed by atoms with E-state index in [9.17, 15) is 4.79 Å². The first-order valence-corrected chi connectivity index (χ1v) is 4.50. The molecule has 3 nitrogen and oxygen atoms in total. The lowest BCUT2D eigenvalue weighted by molar-refractivity contribution is -0.139. The molecule has 4 heteroatoms. The molecule has 0 atom stereocenters. The first-order chi connectivity index (χ1) is 6.52. The fraction of sp³-hybridized carbons (Fsp3) is 0.300. The average Bonchev–Trinajstić information content (AvgIpc) is 2.13. The normalized spacial score (nSPS) is 9.93. The number of carbonyl (C=O) groups is 1. The lowest BCUT2D eigenvalue weighted by Gasteiger charge is -2.09. The second-order valence-electron chi connectivity index (χ2n) is 3.00. The van der Waals surface area contributed by atoms with Gasteiger partial charge < -0.3 is 9.84 Å². The Hall–Kier alpha value is -1.22. The number of carboxylic acid groups (broad SMARTS) is 1. The Morgan fingerprint density at radius 1 is 1.50 bits per heavy atom. The van der Waals surface area contributed by atoms with Crippen molar-refractivity contribution in [3.8, 4) is 5.75 Å². The van der Waals surface area contributed by atoms with Gasteiger partial charge in [0.05, 0.1) is 5.02 Å². The molecule has 0 unspecified atom stereocenters. The number of carboxylic acids is 1. The molecule has 0 amide bonds. The summed E-state index contributed by atoms with van der Waals surface area (Å²) >= 11 is 5.96. The van der Waals surface area contributed by atoms with Crippen LogP contribution in [0.4, 0.5) is 0 Å². The van der Waals surface area contributed by atoms with E-state index in [0.29, 0.717) is 10.8 Å². The smallest absolute Gasteiger partial charge is 0.341 e. The van der Waals surface area contributed by atoms with Crippen LogP contribution in [0.2, 0.25) is 5.02 Å². The summed E-state index contributed by atoms with van der Waals surface area (Å²) in [7, 11) is 0. The van der Waals surface area contributed by atoms with Crippen LogP contribution in [0, 0.1) is 13.8 Å². The zero-order valence-corrected chi connectivity index (χ0v) is 8.76. The predicted molar refractivity (Wildman–Crippen MR) is 54.1 cm³/mol. The fourth-order valence-corrected chi connectivity index (χ4v) is 1.27. The van der Waals surface area contributed by atoms with Crippen LogP contribution >= 0.6 is 11.6 Å². The number of aryl methyl sites for hydroxylation is 1. The number of aliphatic carboxylic acids is 1. The molecule has 0 saturated heterocycles. The van der Waals surface area contributed by atoms with Crippen LogP contribution in [0.3, 0.4) is 0 Å². The van der Waals surface area contributed by atoms with Crippen LogP contribution in [0.5, 0.6) is 5.75 Å². The van der Waals surface area contributed by atoms with Crippen LogP contribution in [0.25, 0.3) is 0 Å². The van der Waals surface area contributed by atoms with Crippen molar-refractivity contribution in [3.05, 3.63) is 28.3 Å². The van der Waals surface area contributed by atoms with Crippen molar-refractivity contribution in [3.63, 3.8) is 0 Å². The minimum Gasteiger partial charge on any atom is -0.480 e. The second-order valence-corrected chi connectivity index (χ2v) is 3.38. The number of hydrogen-bond donors (Lipinski definition) is 1. The van der Waals surface area contributed by atoms with Crippen molar-refractivity contribution in [2.75, 3.05) is 6.61 Å². The van der Waals surface area contributed by atoms with Gasteiger partial charge in [0, 0.05) is 0 Å². The summed E-state index contributed by atoms with van der Waals surface area (Å²) < 4.78 is 5.00. The minimum absolute atomic E-state index is 0.373. The molecule has 76 valence electrons. The molecule has 0 aliphatic heterocycles. The molecule has 1 N–H and O–H groups in total. The molecule has 1 rings (SSSR count). The van der Waals surface area contributed by atoms with Gasteiger partial charge in [-0.15, -0.1) is 0 Å². The number of rotatable bonds is 3. The maximum absolute atomic E-state index is 10.3. The van der Waals surface area contributed by atoms with Crippen LogP contribution in [0.1, 0.15) is 11.1 Å². The Kier molecular flexibility index (Phi) is 3.36. The summed E-state index contributed by atoms with van der Waals surface area (Å²) in [4.78, 5) is 10.3. The first kappa shape index (κ1) is 10.9. The van der Waals surface area contributed by atoms with Gasteiger partial charge in [0.2, 0.25) is 0 Å². The Bertz CT molecular complexity index is 361. The first-order valence-electron chi connectivity index (χ1n) is 4.12. The number of ether oxygens (including phenoxy) is 1. The van der Waals surface area contributed by atoms with Gasteiger partial charge in [-0.3, -0.25) is 0 Å². The predicted octanol–water partition coefficient (Wildman–Crippen LogP) is 2.42. The van der Waals surface area contributed by atoms with Crippen molar-refractivity contribution >= 4 is 17.6 Å². The molecule has 0 heterocycles. The zero-order valence-electron chi connectivity index (χ0n) is 8.00. The topological polar surface area (TPSA) is 46.5 Å². The molecule has 0 aliphatic carbocycles. The van der Waals surface area contributed by atoms with Crippen molar-refractivity contribution in [2.24, 2.45) is 0 Å². The highest BCUT2D eigenvalue weighted by Gasteiger charge is 2.07. The van der Waals surface area contributed by atoms with E-state index in [1.807, 2.05) is 19.9 Å². The maximum Gasteiger partial charge on any atom is 0.341 e. The Morgan fingerprint density at radius 2 is 2.14 bits per heavy atom. The Balaban J connectivity index is 2.88. The highest BCUT2D eigenvalue weighted by Crippen LogP contribution is 2.29. The summed E-state index contributed by atoms with van der Waals surface area (Å²) in [6, 6.07) is 3.52. The molecular formula is C10H11ClO3. The Labute approximate surface area is 87.3 Å². The zero-order chi connectivity index (χ0) is 10.7. The van der Waals surface area contributed by atoms with Gasteiger partial charge in [-0.2, -0.15) is 0 Å². The molecule has 0 aliphatic rings. The van der Waals surface area contributed by atoms with Crippen LogP contribution in [0.15, 0.2) is 12.1 Å². The van der Waals surface area contributed by atoms with Crippen molar-refractivity contribution in [2.45, 2.75) is 13.8 Å². The largest absolute Gasteiger partial charge is 0.480 e. The number of benzene rings is 1. The van der Waals surface area contributed by atoms with E-state index in [0.717, 1.165) is 11.1 Å². The summed E-state index contributed by atoms with van der Waals surface area (Å²) in [5.74, 6) is -0.600. The van der Waals surface area contributed by atoms with Gasteiger partial charge in [-0.1, -0.05) is 17.7 Å². The summed E-state index contributed by atoms with van der Waals surface area (Å²) in [6.07, 6.45) is 0. The molecule has 1 aromatic rings. The molecule has 0 fully saturated rings. The highest BCUT2D eigenvalue weighted by molar-refractivity contribution is 6.32. The summed E-state index contributed by atoms with van der Waals surface area (Å²) in [5, 5.41) is 8.90. The third-order valence-corrected chi connectivity index (χ3v) is 2.44. The van der Waals surface area contributed by atoms with Crippen molar-refractivity contribution in [1.82, 2.24) is 0 Å². The Morgan fingerprint density at radius 3 is 2.71 bits per heavy atom. The third kappa shape index (κ3) is 2.39. The molecule has 0 radical (unpaired) electrons. The summed E-state index contributed by atoms with van der Waals surface area (Å²) in [5.41, 5.74) is 1.97. The van der Waals surface area contributed by atoms with E-state index in [-0.39, 0.29) is 6.61 Å². The quantitative estimate of drug-likeness (QED) is 0.841. The van der Waals surface area contributed by atoms with Gasteiger partial charge in [0.15, 0.2) is 6.61 Å². The minimum atomic E-state index is -1.01. The third-order valence-electron chi connectivity index (χ3n) is 1.97. The lowest BCUT2D eigenvalue weighted by Crippen LogP contribution is -2.09. The monoisotopic (exact) mass is 214 g/mol. The van der Waals surface area contributed by atoms with E-state index >= 15 is 0 Å². The molecular weight excluding hydrogens is 204 g/mol. The van der Waals surface area contributed by atoms with Gasteiger partial charge in [-0.25, -0.2) is 4.79 Å².